The minimum absolute atomic E-state index is 0.137. The molecule has 10 aromatic rings. The summed E-state index contributed by atoms with van der Waals surface area (Å²) in [6, 6.07) is 62.9. The standard InChI is InChI=1S/C51H32N4O/c52-50(33-13-2-1-3-14-33)54-51(53-31-36-19-12-26-47-49(36)41-22-8-9-25-46(41)56-47)40-27-28-43(38-21-7-6-20-37(38)40)55-44-24-11-18-32-17-10-23-39(48(32)44)42-29-34-15-4-5-16-35(34)30-45(42)55/h1-31,52H. The van der Waals surface area contributed by atoms with E-state index in [4.69, 9.17) is 19.8 Å². The lowest BCUT2D eigenvalue weighted by Gasteiger charge is -2.34. The molecule has 11 rings (SSSR count). The molecule has 0 saturated heterocycles. The van der Waals surface area contributed by atoms with Crippen LogP contribution < -0.4 is 4.90 Å². The summed E-state index contributed by atoms with van der Waals surface area (Å²) in [5.74, 6) is 0.585. The Morgan fingerprint density at radius 3 is 2.04 bits per heavy atom. The van der Waals surface area contributed by atoms with Crippen LogP contribution in [0, 0.1) is 5.41 Å². The van der Waals surface area contributed by atoms with E-state index < -0.39 is 0 Å². The highest BCUT2D eigenvalue weighted by molar-refractivity contribution is 6.23. The summed E-state index contributed by atoms with van der Waals surface area (Å²) in [4.78, 5) is 12.5. The lowest BCUT2D eigenvalue weighted by molar-refractivity contribution is 0.669. The molecule has 0 radical (unpaired) electrons. The highest BCUT2D eigenvalue weighted by atomic mass is 16.3. The highest BCUT2D eigenvalue weighted by Crippen LogP contribution is 2.53. The van der Waals surface area contributed by atoms with Crippen molar-refractivity contribution in [3.05, 3.63) is 199 Å². The first-order valence-corrected chi connectivity index (χ1v) is 18.7. The molecule has 0 saturated carbocycles. The normalized spacial score (nSPS) is 12.7. The van der Waals surface area contributed by atoms with E-state index in [1.807, 2.05) is 72.9 Å². The number of rotatable bonds is 4. The first kappa shape index (κ1) is 31.9. The van der Waals surface area contributed by atoms with Crippen molar-refractivity contribution in [1.82, 2.24) is 0 Å². The molecule has 1 aromatic heterocycles. The summed E-state index contributed by atoms with van der Waals surface area (Å²) in [5.41, 5.74) is 9.85. The molecule has 2 heterocycles. The minimum atomic E-state index is 0.137. The van der Waals surface area contributed by atoms with Crippen LogP contribution in [-0.4, -0.2) is 17.9 Å². The fourth-order valence-electron chi connectivity index (χ4n) is 8.39. The van der Waals surface area contributed by atoms with Crippen molar-refractivity contribution in [2.75, 3.05) is 4.90 Å². The second-order valence-corrected chi connectivity index (χ2v) is 14.1. The van der Waals surface area contributed by atoms with E-state index in [1.54, 1.807) is 0 Å². The number of para-hydroxylation sites is 1. The summed E-state index contributed by atoms with van der Waals surface area (Å²) in [6.45, 7) is 0. The van der Waals surface area contributed by atoms with Crippen LogP contribution in [0.1, 0.15) is 16.7 Å². The van der Waals surface area contributed by atoms with Gasteiger partial charge < -0.3 is 9.32 Å². The predicted molar refractivity (Wildman–Crippen MR) is 234 cm³/mol. The molecule has 262 valence electrons. The van der Waals surface area contributed by atoms with Gasteiger partial charge in [0, 0.05) is 50.0 Å². The van der Waals surface area contributed by atoms with E-state index in [-0.39, 0.29) is 5.84 Å². The van der Waals surface area contributed by atoms with E-state index >= 15 is 0 Å². The largest absolute Gasteiger partial charge is 0.456 e. The second-order valence-electron chi connectivity index (χ2n) is 14.1. The summed E-state index contributed by atoms with van der Waals surface area (Å²) in [5, 5.41) is 18.0. The van der Waals surface area contributed by atoms with Crippen LogP contribution in [0.15, 0.2) is 196 Å². The number of hydrogen-bond donors (Lipinski definition) is 1. The van der Waals surface area contributed by atoms with Gasteiger partial charge in [0.25, 0.3) is 0 Å². The number of nitrogens with one attached hydrogen (secondary N) is 1. The average molecular weight is 717 g/mol. The van der Waals surface area contributed by atoms with Crippen LogP contribution in [0.4, 0.5) is 17.1 Å². The van der Waals surface area contributed by atoms with Gasteiger partial charge in [0.1, 0.15) is 11.2 Å². The Labute approximate surface area is 322 Å². The fraction of sp³-hybridized carbons (Fsp3) is 0. The maximum atomic E-state index is 9.11. The maximum Gasteiger partial charge on any atom is 0.162 e. The summed E-state index contributed by atoms with van der Waals surface area (Å²) < 4.78 is 6.20. The lowest BCUT2D eigenvalue weighted by atomic mass is 9.88. The van der Waals surface area contributed by atoms with Gasteiger partial charge in [-0.25, -0.2) is 9.98 Å². The molecule has 1 aliphatic rings. The molecule has 0 unspecified atom stereocenters. The summed E-state index contributed by atoms with van der Waals surface area (Å²) in [6.07, 6.45) is 1.85. The third-order valence-electron chi connectivity index (χ3n) is 10.9. The van der Waals surface area contributed by atoms with E-state index in [1.165, 1.54) is 32.7 Å². The zero-order chi connectivity index (χ0) is 37.2. The molecule has 1 N–H and O–H groups in total. The highest BCUT2D eigenvalue weighted by Gasteiger charge is 2.28. The quantitative estimate of drug-likeness (QED) is 0.146. The molecule has 0 bridgehead atoms. The molecule has 0 spiro atoms. The number of amidine groups is 2. The van der Waals surface area contributed by atoms with Gasteiger partial charge in [-0.1, -0.05) is 140 Å². The third kappa shape index (κ3) is 5.06. The van der Waals surface area contributed by atoms with Gasteiger partial charge in [-0.05, 0) is 69.6 Å². The van der Waals surface area contributed by atoms with Gasteiger partial charge in [0.2, 0.25) is 0 Å². The Morgan fingerprint density at radius 1 is 0.500 bits per heavy atom. The van der Waals surface area contributed by atoms with E-state index in [0.29, 0.717) is 11.4 Å². The molecule has 56 heavy (non-hydrogen) atoms. The Hall–Kier alpha value is -7.63. The fourth-order valence-corrected chi connectivity index (χ4v) is 8.39. The molecule has 0 amide bonds. The SMILES string of the molecule is N=C(N=C(N=Cc1cccc2oc3ccccc3c12)c1ccc(N2c3cc4ccccc4cc3-c3cccc4cccc2c34)c2ccccc12)c1ccccc1. The minimum Gasteiger partial charge on any atom is -0.456 e. The number of nitrogens with zero attached hydrogens (tertiary/aromatic N) is 3. The number of aliphatic imine (C=N–C) groups is 2. The van der Waals surface area contributed by atoms with Crippen LogP contribution in [0.3, 0.4) is 0 Å². The van der Waals surface area contributed by atoms with Crippen molar-refractivity contribution in [2.45, 2.75) is 0 Å². The molecule has 1 aliphatic heterocycles. The Balaban J connectivity index is 1.13. The first-order valence-electron chi connectivity index (χ1n) is 18.7. The molecule has 0 fully saturated rings. The van der Waals surface area contributed by atoms with Crippen molar-refractivity contribution in [1.29, 1.82) is 5.41 Å². The van der Waals surface area contributed by atoms with Gasteiger partial charge in [0.15, 0.2) is 11.7 Å². The van der Waals surface area contributed by atoms with Gasteiger partial charge in [-0.3, -0.25) is 5.41 Å². The van der Waals surface area contributed by atoms with Crippen molar-refractivity contribution >= 4 is 89.2 Å². The topological polar surface area (TPSA) is 65.0 Å². The molecule has 5 nitrogen and oxygen atoms in total. The number of fused-ring (bicyclic) bond motifs is 7. The summed E-state index contributed by atoms with van der Waals surface area (Å²) in [7, 11) is 0. The number of hydrogen-bond acceptors (Lipinski definition) is 3. The smallest absolute Gasteiger partial charge is 0.162 e. The third-order valence-corrected chi connectivity index (χ3v) is 10.9. The van der Waals surface area contributed by atoms with Crippen LogP contribution >= 0.6 is 0 Å². The molecule has 9 aromatic carbocycles. The van der Waals surface area contributed by atoms with E-state index in [2.05, 4.69) is 120 Å². The van der Waals surface area contributed by atoms with Crippen LogP contribution in [-0.2, 0) is 0 Å². The van der Waals surface area contributed by atoms with Gasteiger partial charge in [0.05, 0.1) is 17.1 Å². The predicted octanol–water partition coefficient (Wildman–Crippen LogP) is 13.4. The number of furan rings is 1. The van der Waals surface area contributed by atoms with Crippen LogP contribution in [0.5, 0.6) is 0 Å². The van der Waals surface area contributed by atoms with Crippen molar-refractivity contribution < 1.29 is 4.42 Å². The number of anilines is 3. The zero-order valence-electron chi connectivity index (χ0n) is 30.1. The van der Waals surface area contributed by atoms with Gasteiger partial charge in [-0.15, -0.1) is 0 Å². The summed E-state index contributed by atoms with van der Waals surface area (Å²) >= 11 is 0. The lowest BCUT2D eigenvalue weighted by Crippen LogP contribution is -2.16. The van der Waals surface area contributed by atoms with Crippen LogP contribution in [0.2, 0.25) is 0 Å². The van der Waals surface area contributed by atoms with E-state index in [9.17, 15) is 0 Å². The molecular weight excluding hydrogens is 685 g/mol. The molecule has 0 aliphatic carbocycles. The Kier molecular flexibility index (Phi) is 7.25. The van der Waals surface area contributed by atoms with Gasteiger partial charge >= 0.3 is 0 Å². The van der Waals surface area contributed by atoms with Crippen molar-refractivity contribution in [2.24, 2.45) is 9.98 Å². The Bertz CT molecular complexity index is 3280. The van der Waals surface area contributed by atoms with Gasteiger partial charge in [-0.2, -0.15) is 0 Å². The first-order chi connectivity index (χ1) is 27.7. The molecule has 0 atom stereocenters. The number of benzene rings is 9. The van der Waals surface area contributed by atoms with Crippen molar-refractivity contribution in [3.63, 3.8) is 0 Å². The zero-order valence-corrected chi connectivity index (χ0v) is 30.1. The Morgan fingerprint density at radius 2 is 1.18 bits per heavy atom. The van der Waals surface area contributed by atoms with Crippen LogP contribution in [0.25, 0.3) is 65.4 Å². The molecular formula is C51H32N4O. The van der Waals surface area contributed by atoms with E-state index in [0.717, 1.165) is 60.9 Å². The maximum absolute atomic E-state index is 9.11. The monoisotopic (exact) mass is 716 g/mol. The van der Waals surface area contributed by atoms with Crippen molar-refractivity contribution in [3.8, 4) is 11.1 Å². The molecule has 5 heteroatoms. The average Bonchev–Trinajstić information content (AvgIpc) is 3.64. The second kappa shape index (κ2) is 12.8.